The topological polar surface area (TPSA) is 71.0 Å². The molecule has 6 nitrogen and oxygen atoms in total. The maximum atomic E-state index is 12.8. The van der Waals surface area contributed by atoms with Crippen LogP contribution in [-0.2, 0) is 0 Å². The molecule has 114 valence electrons. The monoisotopic (exact) mass is 297 g/mol. The second-order valence-electron chi connectivity index (χ2n) is 5.41. The van der Waals surface area contributed by atoms with Gasteiger partial charge in [0.1, 0.15) is 5.69 Å². The molecule has 1 saturated heterocycles. The van der Waals surface area contributed by atoms with Crippen molar-refractivity contribution in [1.82, 2.24) is 19.9 Å². The Morgan fingerprint density at radius 2 is 2.09 bits per heavy atom. The number of anilines is 1. The maximum absolute atomic E-state index is 12.8. The highest BCUT2D eigenvalue weighted by molar-refractivity contribution is 5.93. The number of likely N-dealkylation sites (tertiary alicyclic amines) is 1. The summed E-state index contributed by atoms with van der Waals surface area (Å²) in [6.07, 6.45) is 5.51. The lowest BCUT2D eigenvalue weighted by molar-refractivity contribution is 0.0729. The fraction of sp³-hybridized carbons (Fsp3) is 0.375. The van der Waals surface area contributed by atoms with E-state index in [1.54, 1.807) is 25.5 Å². The number of carbonyl (C=O) groups is 1. The van der Waals surface area contributed by atoms with E-state index in [0.29, 0.717) is 11.6 Å². The van der Waals surface area contributed by atoms with Crippen LogP contribution in [0.3, 0.4) is 0 Å². The van der Waals surface area contributed by atoms with Crippen LogP contribution in [0.25, 0.3) is 0 Å². The normalized spacial score (nSPS) is 17.5. The van der Waals surface area contributed by atoms with Gasteiger partial charge in [-0.25, -0.2) is 9.97 Å². The highest BCUT2D eigenvalue weighted by Crippen LogP contribution is 2.32. The first-order chi connectivity index (χ1) is 10.7. The number of rotatable bonds is 3. The third-order valence-corrected chi connectivity index (χ3v) is 3.90. The van der Waals surface area contributed by atoms with Gasteiger partial charge in [-0.1, -0.05) is 0 Å². The third-order valence-electron chi connectivity index (χ3n) is 3.90. The van der Waals surface area contributed by atoms with Gasteiger partial charge in [0.15, 0.2) is 0 Å². The molecule has 1 fully saturated rings. The SMILES string of the molecule is CNc1nc(C)cc(C(=O)N2CCCC2c2ccncc2)n1. The first kappa shape index (κ1) is 14.4. The molecule has 0 bridgehead atoms. The van der Waals surface area contributed by atoms with Crippen molar-refractivity contribution < 1.29 is 4.79 Å². The predicted octanol–water partition coefficient (Wildman–Crippen LogP) is 2.20. The van der Waals surface area contributed by atoms with E-state index < -0.39 is 0 Å². The van der Waals surface area contributed by atoms with Crippen molar-refractivity contribution in [2.75, 3.05) is 18.9 Å². The molecule has 0 spiro atoms. The molecule has 1 aliphatic rings. The molecule has 22 heavy (non-hydrogen) atoms. The van der Waals surface area contributed by atoms with E-state index in [9.17, 15) is 4.79 Å². The predicted molar refractivity (Wildman–Crippen MR) is 83.6 cm³/mol. The van der Waals surface area contributed by atoms with Gasteiger partial charge in [-0.05, 0) is 43.5 Å². The van der Waals surface area contributed by atoms with Crippen molar-refractivity contribution in [3.05, 3.63) is 47.5 Å². The molecule has 3 heterocycles. The summed E-state index contributed by atoms with van der Waals surface area (Å²) >= 11 is 0. The van der Waals surface area contributed by atoms with Gasteiger partial charge in [0.05, 0.1) is 6.04 Å². The van der Waals surface area contributed by atoms with Crippen molar-refractivity contribution in [1.29, 1.82) is 0 Å². The molecule has 2 aromatic rings. The number of hydrogen-bond donors (Lipinski definition) is 1. The molecule has 0 aliphatic carbocycles. The summed E-state index contributed by atoms with van der Waals surface area (Å²) in [5, 5.41) is 2.90. The van der Waals surface area contributed by atoms with E-state index in [1.165, 1.54) is 0 Å². The average molecular weight is 297 g/mol. The summed E-state index contributed by atoms with van der Waals surface area (Å²) in [6, 6.07) is 5.79. The number of aromatic nitrogens is 3. The minimum atomic E-state index is -0.0405. The van der Waals surface area contributed by atoms with E-state index >= 15 is 0 Å². The minimum Gasteiger partial charge on any atom is -0.357 e. The van der Waals surface area contributed by atoms with Crippen LogP contribution in [0.15, 0.2) is 30.6 Å². The quantitative estimate of drug-likeness (QED) is 0.940. The number of nitrogens with one attached hydrogen (secondary N) is 1. The Labute approximate surface area is 129 Å². The van der Waals surface area contributed by atoms with Gasteiger partial charge in [0, 0.05) is 31.7 Å². The molecule has 0 radical (unpaired) electrons. The van der Waals surface area contributed by atoms with E-state index in [0.717, 1.165) is 30.6 Å². The molecular formula is C16H19N5O. The summed E-state index contributed by atoms with van der Waals surface area (Å²) in [5.74, 6) is 0.435. The van der Waals surface area contributed by atoms with Gasteiger partial charge in [-0.3, -0.25) is 9.78 Å². The lowest BCUT2D eigenvalue weighted by Gasteiger charge is -2.24. The Balaban J connectivity index is 1.89. The minimum absolute atomic E-state index is 0.0405. The molecule has 1 N–H and O–H groups in total. The van der Waals surface area contributed by atoms with Crippen molar-refractivity contribution in [3.8, 4) is 0 Å². The van der Waals surface area contributed by atoms with Crippen LogP contribution in [0.4, 0.5) is 5.95 Å². The number of amides is 1. The fourth-order valence-corrected chi connectivity index (χ4v) is 2.88. The Bertz CT molecular complexity index is 673. The zero-order chi connectivity index (χ0) is 15.5. The Kier molecular flexibility index (Phi) is 4.00. The van der Waals surface area contributed by atoms with Gasteiger partial charge in [-0.2, -0.15) is 0 Å². The van der Waals surface area contributed by atoms with Crippen LogP contribution >= 0.6 is 0 Å². The largest absolute Gasteiger partial charge is 0.357 e. The number of nitrogens with zero attached hydrogens (tertiary/aromatic N) is 4. The van der Waals surface area contributed by atoms with Gasteiger partial charge in [0.25, 0.3) is 5.91 Å². The van der Waals surface area contributed by atoms with Crippen LogP contribution in [0.2, 0.25) is 0 Å². The first-order valence-electron chi connectivity index (χ1n) is 7.43. The summed E-state index contributed by atoms with van der Waals surface area (Å²) in [4.78, 5) is 27.3. The number of pyridine rings is 1. The second kappa shape index (κ2) is 6.09. The lowest BCUT2D eigenvalue weighted by Crippen LogP contribution is -2.31. The third kappa shape index (κ3) is 2.77. The van der Waals surface area contributed by atoms with Crippen molar-refractivity contribution in [2.24, 2.45) is 0 Å². The van der Waals surface area contributed by atoms with Gasteiger partial charge < -0.3 is 10.2 Å². The fourth-order valence-electron chi connectivity index (χ4n) is 2.88. The lowest BCUT2D eigenvalue weighted by atomic mass is 10.1. The first-order valence-corrected chi connectivity index (χ1v) is 7.43. The van der Waals surface area contributed by atoms with Gasteiger partial charge in [0.2, 0.25) is 5.95 Å². The maximum Gasteiger partial charge on any atom is 0.273 e. The van der Waals surface area contributed by atoms with E-state index in [1.807, 2.05) is 24.0 Å². The van der Waals surface area contributed by atoms with Crippen molar-refractivity contribution in [3.63, 3.8) is 0 Å². The van der Waals surface area contributed by atoms with Crippen LogP contribution in [-0.4, -0.2) is 39.4 Å². The molecule has 6 heteroatoms. The van der Waals surface area contributed by atoms with E-state index in [4.69, 9.17) is 0 Å². The zero-order valence-electron chi connectivity index (χ0n) is 12.8. The van der Waals surface area contributed by atoms with E-state index in [-0.39, 0.29) is 11.9 Å². The molecule has 1 aliphatic heterocycles. The van der Waals surface area contributed by atoms with Crippen LogP contribution in [0, 0.1) is 6.92 Å². The van der Waals surface area contributed by atoms with Crippen LogP contribution < -0.4 is 5.32 Å². The number of aryl methyl sites for hydroxylation is 1. The molecular weight excluding hydrogens is 278 g/mol. The average Bonchev–Trinajstić information content (AvgIpc) is 3.04. The molecule has 2 aromatic heterocycles. The highest BCUT2D eigenvalue weighted by atomic mass is 16.2. The van der Waals surface area contributed by atoms with Crippen molar-refractivity contribution in [2.45, 2.75) is 25.8 Å². The molecule has 1 unspecified atom stereocenters. The second-order valence-corrected chi connectivity index (χ2v) is 5.41. The molecule has 1 amide bonds. The molecule has 0 saturated carbocycles. The van der Waals surface area contributed by atoms with Crippen LogP contribution in [0.5, 0.6) is 0 Å². The van der Waals surface area contributed by atoms with Crippen LogP contribution in [0.1, 0.15) is 40.6 Å². The molecule has 3 rings (SSSR count). The standard InChI is InChI=1S/C16H19N5O/c1-11-10-13(20-16(17-2)19-11)15(22)21-9-3-4-14(21)12-5-7-18-8-6-12/h5-8,10,14H,3-4,9H2,1-2H3,(H,17,19,20). The number of carbonyl (C=O) groups excluding carboxylic acids is 1. The Hall–Kier alpha value is -2.50. The Morgan fingerprint density at radius 3 is 2.82 bits per heavy atom. The highest BCUT2D eigenvalue weighted by Gasteiger charge is 2.31. The van der Waals surface area contributed by atoms with Crippen molar-refractivity contribution >= 4 is 11.9 Å². The van der Waals surface area contributed by atoms with Gasteiger partial charge in [-0.15, -0.1) is 0 Å². The Morgan fingerprint density at radius 1 is 1.32 bits per heavy atom. The number of hydrogen-bond acceptors (Lipinski definition) is 5. The summed E-state index contributed by atoms with van der Waals surface area (Å²) in [5.41, 5.74) is 2.35. The summed E-state index contributed by atoms with van der Waals surface area (Å²) < 4.78 is 0. The zero-order valence-corrected chi connectivity index (χ0v) is 12.8. The molecule has 0 aromatic carbocycles. The molecule has 1 atom stereocenters. The van der Waals surface area contributed by atoms with E-state index in [2.05, 4.69) is 20.3 Å². The van der Waals surface area contributed by atoms with Gasteiger partial charge >= 0.3 is 0 Å². The smallest absolute Gasteiger partial charge is 0.273 e. The summed E-state index contributed by atoms with van der Waals surface area (Å²) in [7, 11) is 1.75. The summed E-state index contributed by atoms with van der Waals surface area (Å²) in [6.45, 7) is 2.62.